The summed E-state index contributed by atoms with van der Waals surface area (Å²) >= 11 is 0. The normalized spacial score (nSPS) is 31.8. The smallest absolute Gasteiger partial charge is 0.270 e. The zero-order valence-corrected chi connectivity index (χ0v) is 23.3. The third-order valence-electron chi connectivity index (χ3n) is 10.00. The largest absolute Gasteiger partial charge is 0.390 e. The number of primary amides is 1. The lowest BCUT2D eigenvalue weighted by Gasteiger charge is -2.58. The number of hydrogen-bond donors (Lipinski definition) is 3. The highest BCUT2D eigenvalue weighted by Gasteiger charge is 2.55. The average Bonchev–Trinajstić information content (AvgIpc) is 2.89. The number of benzene rings is 1. The monoisotopic (exact) mass is 531 g/mol. The molecular weight excluding hydrogens is 490 g/mol. The second kappa shape index (κ2) is 9.51. The van der Waals surface area contributed by atoms with E-state index in [1.54, 1.807) is 6.07 Å². The Labute approximate surface area is 231 Å². The van der Waals surface area contributed by atoms with Crippen LogP contribution in [0.15, 0.2) is 42.5 Å². The molecule has 5 aliphatic rings. The van der Waals surface area contributed by atoms with Crippen molar-refractivity contribution in [3.05, 3.63) is 53.7 Å². The number of aliphatic hydroxyl groups is 1. The van der Waals surface area contributed by atoms with E-state index in [-0.39, 0.29) is 23.9 Å². The van der Waals surface area contributed by atoms with Crippen molar-refractivity contribution in [1.82, 2.24) is 10.3 Å². The number of pyridine rings is 1. The molecule has 7 rings (SSSR count). The van der Waals surface area contributed by atoms with Crippen LogP contribution in [0.25, 0.3) is 0 Å². The molecule has 1 aliphatic heterocycles. The maximum atomic E-state index is 13.3. The highest BCUT2D eigenvalue weighted by Crippen LogP contribution is 2.55. The summed E-state index contributed by atoms with van der Waals surface area (Å²) in [6.45, 7) is 8.33. The van der Waals surface area contributed by atoms with Crippen LogP contribution in [-0.2, 0) is 10.2 Å². The molecule has 4 N–H and O–H groups in total. The molecule has 8 nitrogen and oxygen atoms in total. The van der Waals surface area contributed by atoms with Crippen LogP contribution in [0.5, 0.6) is 0 Å². The first-order valence-electron chi connectivity index (χ1n) is 14.4. The Bertz CT molecular complexity index is 1250. The van der Waals surface area contributed by atoms with Gasteiger partial charge >= 0.3 is 0 Å². The minimum Gasteiger partial charge on any atom is -0.390 e. The topological polar surface area (TPSA) is 112 Å². The number of amides is 2. The Balaban J connectivity index is 1.10. The molecule has 1 aromatic heterocycles. The van der Waals surface area contributed by atoms with Gasteiger partial charge in [-0.3, -0.25) is 9.59 Å². The molecule has 1 aromatic carbocycles. The Hall–Kier alpha value is -3.13. The Morgan fingerprint density at radius 1 is 1.05 bits per heavy atom. The lowest BCUT2D eigenvalue weighted by Crippen LogP contribution is -2.61. The summed E-state index contributed by atoms with van der Waals surface area (Å²) in [6, 6.07) is 14.2. The number of nitrogens with one attached hydrogen (secondary N) is 1. The summed E-state index contributed by atoms with van der Waals surface area (Å²) in [5, 5.41) is 14.2. The van der Waals surface area contributed by atoms with Crippen LogP contribution in [0.3, 0.4) is 0 Å². The predicted molar refractivity (Wildman–Crippen MR) is 152 cm³/mol. The molecule has 3 unspecified atom stereocenters. The molecule has 3 atom stereocenters. The van der Waals surface area contributed by atoms with Gasteiger partial charge in [0.2, 0.25) is 5.91 Å². The fraction of sp³-hybridized carbons (Fsp3) is 0.581. The Kier molecular flexibility index (Phi) is 6.36. The highest BCUT2D eigenvalue weighted by molar-refractivity contribution is 5.93. The van der Waals surface area contributed by atoms with Gasteiger partial charge in [-0.15, -0.1) is 0 Å². The first-order valence-corrected chi connectivity index (χ1v) is 14.4. The third kappa shape index (κ3) is 4.77. The summed E-state index contributed by atoms with van der Waals surface area (Å²) < 4.78 is 0. The summed E-state index contributed by atoms with van der Waals surface area (Å²) in [5.74, 6) is 1.74. The lowest BCUT2D eigenvalue weighted by molar-refractivity contribution is -0.137. The summed E-state index contributed by atoms with van der Waals surface area (Å²) in [6.07, 6.45) is 4.79. The van der Waals surface area contributed by atoms with Gasteiger partial charge in [-0.1, -0.05) is 18.2 Å². The average molecular weight is 532 g/mol. The van der Waals surface area contributed by atoms with E-state index in [0.717, 1.165) is 68.8 Å². The van der Waals surface area contributed by atoms with Crippen LogP contribution in [-0.4, -0.2) is 59.2 Å². The number of hydrogen-bond acceptors (Lipinski definition) is 6. The van der Waals surface area contributed by atoms with E-state index in [0.29, 0.717) is 23.4 Å². The van der Waals surface area contributed by atoms with E-state index in [1.165, 1.54) is 0 Å². The minimum atomic E-state index is -0.704. The van der Waals surface area contributed by atoms with Crippen LogP contribution in [0.4, 0.5) is 11.5 Å². The molecule has 4 saturated carbocycles. The van der Waals surface area contributed by atoms with Crippen LogP contribution in [0.2, 0.25) is 0 Å². The Morgan fingerprint density at radius 2 is 1.74 bits per heavy atom. The van der Waals surface area contributed by atoms with Gasteiger partial charge in [0, 0.05) is 37.4 Å². The second-order valence-corrected chi connectivity index (χ2v) is 13.1. The van der Waals surface area contributed by atoms with Gasteiger partial charge in [-0.2, -0.15) is 0 Å². The van der Waals surface area contributed by atoms with Gasteiger partial charge in [0.1, 0.15) is 11.5 Å². The van der Waals surface area contributed by atoms with Crippen molar-refractivity contribution in [2.45, 2.75) is 76.0 Å². The maximum Gasteiger partial charge on any atom is 0.270 e. The summed E-state index contributed by atoms with van der Waals surface area (Å²) in [5.41, 5.74) is 6.87. The molecule has 39 heavy (non-hydrogen) atoms. The first kappa shape index (κ1) is 26.1. The van der Waals surface area contributed by atoms with E-state index in [9.17, 15) is 14.7 Å². The number of nitrogens with zero attached hydrogens (tertiary/aromatic N) is 3. The molecule has 4 aliphatic carbocycles. The highest BCUT2D eigenvalue weighted by atomic mass is 16.3. The molecule has 2 heterocycles. The van der Waals surface area contributed by atoms with Crippen LogP contribution >= 0.6 is 0 Å². The van der Waals surface area contributed by atoms with Gasteiger partial charge < -0.3 is 26.0 Å². The van der Waals surface area contributed by atoms with E-state index in [1.807, 2.05) is 38.1 Å². The number of rotatable bonds is 6. The zero-order valence-electron chi connectivity index (χ0n) is 23.3. The van der Waals surface area contributed by atoms with Crippen molar-refractivity contribution in [1.29, 1.82) is 0 Å². The third-order valence-corrected chi connectivity index (χ3v) is 10.00. The van der Waals surface area contributed by atoms with Gasteiger partial charge in [-0.25, -0.2) is 4.98 Å². The van der Waals surface area contributed by atoms with Crippen LogP contribution in [0, 0.1) is 17.8 Å². The molecule has 2 amide bonds. The zero-order chi connectivity index (χ0) is 27.5. The van der Waals surface area contributed by atoms with Gasteiger partial charge in [0.15, 0.2) is 0 Å². The van der Waals surface area contributed by atoms with E-state index in [2.05, 4.69) is 34.2 Å². The standard InChI is InChI=1S/C31H41N5O3/c1-19-18-35(24-9-7-23(8-10-24)30(2,3)29(32)38)11-12-36(19)26-6-4-5-25(33-26)28(37)34-27-21-13-20-14-22(27)17-31(39,15-20)16-21/h4-10,19-22,27,39H,11-18H2,1-3H3,(H2,32,38)(H,34,37). The summed E-state index contributed by atoms with van der Waals surface area (Å²) in [7, 11) is 0. The maximum absolute atomic E-state index is 13.3. The second-order valence-electron chi connectivity index (χ2n) is 13.1. The van der Waals surface area contributed by atoms with Crippen molar-refractivity contribution < 1.29 is 14.7 Å². The molecule has 4 bridgehead atoms. The van der Waals surface area contributed by atoms with Crippen molar-refractivity contribution in [3.63, 3.8) is 0 Å². The van der Waals surface area contributed by atoms with Crippen molar-refractivity contribution in [2.24, 2.45) is 23.5 Å². The number of anilines is 2. The van der Waals surface area contributed by atoms with Crippen molar-refractivity contribution in [3.8, 4) is 0 Å². The molecular formula is C31H41N5O3. The fourth-order valence-electron chi connectivity index (χ4n) is 7.92. The number of piperazine rings is 1. The molecule has 2 aromatic rings. The minimum absolute atomic E-state index is 0.105. The van der Waals surface area contributed by atoms with Gasteiger partial charge in [0.05, 0.1) is 11.0 Å². The molecule has 8 heteroatoms. The molecule has 0 spiro atoms. The SMILES string of the molecule is CC1CN(c2ccc(C(C)(C)C(N)=O)cc2)CCN1c1cccc(C(=O)NC2C3CC4CC2CC(O)(C4)C3)n1. The van der Waals surface area contributed by atoms with Crippen molar-refractivity contribution >= 4 is 23.3 Å². The van der Waals surface area contributed by atoms with Crippen molar-refractivity contribution in [2.75, 3.05) is 29.4 Å². The quantitative estimate of drug-likeness (QED) is 0.528. The number of nitrogens with two attached hydrogens (primary N) is 1. The lowest BCUT2D eigenvalue weighted by atomic mass is 9.52. The number of carbonyl (C=O) groups is 2. The predicted octanol–water partition coefficient (Wildman–Crippen LogP) is 3.23. The number of aromatic nitrogens is 1. The van der Waals surface area contributed by atoms with Gasteiger partial charge in [0.25, 0.3) is 5.91 Å². The van der Waals surface area contributed by atoms with Gasteiger partial charge in [-0.05, 0) is 100 Å². The molecule has 208 valence electrons. The fourth-order valence-corrected chi connectivity index (χ4v) is 7.92. The van der Waals surface area contributed by atoms with Crippen LogP contribution in [0.1, 0.15) is 68.9 Å². The molecule has 5 fully saturated rings. The first-order chi connectivity index (χ1) is 18.5. The Morgan fingerprint density at radius 3 is 2.36 bits per heavy atom. The molecule has 0 radical (unpaired) electrons. The van der Waals surface area contributed by atoms with E-state index in [4.69, 9.17) is 10.7 Å². The van der Waals surface area contributed by atoms with E-state index < -0.39 is 11.0 Å². The summed E-state index contributed by atoms with van der Waals surface area (Å²) in [4.78, 5) is 34.6. The van der Waals surface area contributed by atoms with Crippen LogP contribution < -0.4 is 20.9 Å². The van der Waals surface area contributed by atoms with E-state index >= 15 is 0 Å². The number of carbonyl (C=O) groups excluding carboxylic acids is 2. The molecule has 1 saturated heterocycles.